The molecule has 0 saturated carbocycles. The van der Waals surface area contributed by atoms with Gasteiger partial charge in [-0.3, -0.25) is 9.59 Å². The molecular formula is C13H19NO3S. The number of rotatable bonds is 8. The maximum Gasteiger partial charge on any atom is 0.303 e. The quantitative estimate of drug-likeness (QED) is 0.761. The van der Waals surface area contributed by atoms with Crippen LogP contribution in [-0.2, 0) is 16.0 Å². The van der Waals surface area contributed by atoms with Gasteiger partial charge in [0, 0.05) is 23.8 Å². The largest absolute Gasteiger partial charge is 0.481 e. The average molecular weight is 269 g/mol. The lowest BCUT2D eigenvalue weighted by Crippen LogP contribution is -2.32. The maximum atomic E-state index is 11.6. The minimum Gasteiger partial charge on any atom is -0.481 e. The number of carbonyl (C=O) groups excluding carboxylic acids is 1. The van der Waals surface area contributed by atoms with E-state index in [4.69, 9.17) is 5.11 Å². The van der Waals surface area contributed by atoms with Crippen molar-refractivity contribution in [3.63, 3.8) is 0 Å². The van der Waals surface area contributed by atoms with Gasteiger partial charge in [0.2, 0.25) is 5.91 Å². The summed E-state index contributed by atoms with van der Waals surface area (Å²) in [5.41, 5.74) is 0. The van der Waals surface area contributed by atoms with E-state index in [9.17, 15) is 9.59 Å². The van der Waals surface area contributed by atoms with Crippen molar-refractivity contribution in [2.75, 3.05) is 0 Å². The molecule has 0 radical (unpaired) electrons. The molecule has 0 spiro atoms. The highest BCUT2D eigenvalue weighted by Gasteiger charge is 2.09. The summed E-state index contributed by atoms with van der Waals surface area (Å²) in [5, 5.41) is 13.4. The van der Waals surface area contributed by atoms with Crippen LogP contribution in [-0.4, -0.2) is 23.0 Å². The number of aliphatic carboxylic acids is 1. The van der Waals surface area contributed by atoms with Crippen molar-refractivity contribution in [2.24, 2.45) is 0 Å². The van der Waals surface area contributed by atoms with E-state index in [1.807, 2.05) is 18.4 Å². The number of amides is 1. The van der Waals surface area contributed by atoms with Gasteiger partial charge < -0.3 is 10.4 Å². The Morgan fingerprint density at radius 2 is 2.22 bits per heavy atom. The maximum absolute atomic E-state index is 11.6. The van der Waals surface area contributed by atoms with Crippen molar-refractivity contribution < 1.29 is 14.7 Å². The Hall–Kier alpha value is -1.36. The molecule has 1 unspecified atom stereocenters. The molecule has 1 atom stereocenters. The van der Waals surface area contributed by atoms with Gasteiger partial charge in [0.25, 0.3) is 0 Å². The van der Waals surface area contributed by atoms with E-state index in [2.05, 4.69) is 11.4 Å². The van der Waals surface area contributed by atoms with Crippen LogP contribution in [0.4, 0.5) is 0 Å². The van der Waals surface area contributed by atoms with Crippen molar-refractivity contribution in [3.05, 3.63) is 22.4 Å². The van der Waals surface area contributed by atoms with E-state index >= 15 is 0 Å². The van der Waals surface area contributed by atoms with Gasteiger partial charge in [0.05, 0.1) is 0 Å². The van der Waals surface area contributed by atoms with Crippen molar-refractivity contribution >= 4 is 23.2 Å². The molecule has 0 aliphatic rings. The second kappa shape index (κ2) is 7.87. The van der Waals surface area contributed by atoms with Gasteiger partial charge in [-0.25, -0.2) is 0 Å². The fourth-order valence-electron chi connectivity index (χ4n) is 1.64. The van der Waals surface area contributed by atoms with Crippen LogP contribution in [0.1, 0.15) is 37.5 Å². The lowest BCUT2D eigenvalue weighted by molar-refractivity contribution is -0.137. The van der Waals surface area contributed by atoms with Crippen molar-refractivity contribution in [1.82, 2.24) is 5.32 Å². The molecule has 100 valence electrons. The summed E-state index contributed by atoms with van der Waals surface area (Å²) < 4.78 is 0. The summed E-state index contributed by atoms with van der Waals surface area (Å²) in [6.07, 6.45) is 2.82. The van der Waals surface area contributed by atoms with Gasteiger partial charge in [-0.2, -0.15) is 0 Å². The number of thiophene rings is 1. The molecule has 1 aromatic rings. The van der Waals surface area contributed by atoms with E-state index in [0.29, 0.717) is 12.8 Å². The predicted octanol–water partition coefficient (Wildman–Crippen LogP) is 2.44. The standard InChI is InChI=1S/C13H19NO3S/c1-10(7-8-13(16)17)14-12(15)6-2-4-11-5-3-9-18-11/h3,5,9-10H,2,4,6-8H2,1H3,(H,14,15)(H,16,17). The first-order valence-electron chi connectivity index (χ1n) is 6.11. The summed E-state index contributed by atoms with van der Waals surface area (Å²) in [7, 11) is 0. The van der Waals surface area contributed by atoms with E-state index < -0.39 is 5.97 Å². The van der Waals surface area contributed by atoms with E-state index in [1.54, 1.807) is 11.3 Å². The smallest absolute Gasteiger partial charge is 0.303 e. The third kappa shape index (κ3) is 6.39. The third-order valence-electron chi connectivity index (χ3n) is 2.61. The van der Waals surface area contributed by atoms with Crippen LogP contribution in [0.5, 0.6) is 0 Å². The molecule has 18 heavy (non-hydrogen) atoms. The molecule has 0 saturated heterocycles. The van der Waals surface area contributed by atoms with Gasteiger partial charge in [0.1, 0.15) is 0 Å². The van der Waals surface area contributed by atoms with Crippen molar-refractivity contribution in [1.29, 1.82) is 0 Å². The molecular weight excluding hydrogens is 250 g/mol. The average Bonchev–Trinajstić information content (AvgIpc) is 2.79. The molecule has 5 heteroatoms. The van der Waals surface area contributed by atoms with Crippen molar-refractivity contribution in [2.45, 2.75) is 45.1 Å². The Morgan fingerprint density at radius 1 is 1.44 bits per heavy atom. The number of carbonyl (C=O) groups is 2. The highest BCUT2D eigenvalue weighted by atomic mass is 32.1. The summed E-state index contributed by atoms with van der Waals surface area (Å²) in [6.45, 7) is 1.83. The van der Waals surface area contributed by atoms with Crippen LogP contribution < -0.4 is 5.32 Å². The molecule has 0 aromatic carbocycles. The lowest BCUT2D eigenvalue weighted by atomic mass is 10.1. The van der Waals surface area contributed by atoms with Gasteiger partial charge in [-0.05, 0) is 37.6 Å². The van der Waals surface area contributed by atoms with Crippen LogP contribution in [0.3, 0.4) is 0 Å². The Bertz CT molecular complexity index is 376. The third-order valence-corrected chi connectivity index (χ3v) is 3.54. The molecule has 1 heterocycles. The Labute approximate surface area is 111 Å². The van der Waals surface area contributed by atoms with Gasteiger partial charge in [-0.15, -0.1) is 11.3 Å². The summed E-state index contributed by atoms with van der Waals surface area (Å²) in [6, 6.07) is 4.00. The first-order chi connectivity index (χ1) is 8.58. The van der Waals surface area contributed by atoms with Crippen LogP contribution in [0.25, 0.3) is 0 Å². The first kappa shape index (κ1) is 14.7. The fourth-order valence-corrected chi connectivity index (χ4v) is 2.39. The molecule has 1 rings (SSSR count). The summed E-state index contributed by atoms with van der Waals surface area (Å²) >= 11 is 1.70. The lowest BCUT2D eigenvalue weighted by Gasteiger charge is -2.12. The Balaban J connectivity index is 2.11. The Kier molecular flexibility index (Phi) is 6.43. The molecule has 0 aliphatic carbocycles. The highest BCUT2D eigenvalue weighted by Crippen LogP contribution is 2.11. The molecule has 4 nitrogen and oxygen atoms in total. The Morgan fingerprint density at radius 3 is 2.83 bits per heavy atom. The van der Waals surface area contributed by atoms with Crippen LogP contribution >= 0.6 is 11.3 Å². The number of aryl methyl sites for hydroxylation is 1. The second-order valence-electron chi connectivity index (χ2n) is 4.33. The zero-order chi connectivity index (χ0) is 13.4. The van der Waals surface area contributed by atoms with Crippen LogP contribution in [0.15, 0.2) is 17.5 Å². The van der Waals surface area contributed by atoms with Crippen LogP contribution in [0, 0.1) is 0 Å². The van der Waals surface area contributed by atoms with E-state index in [-0.39, 0.29) is 18.4 Å². The number of hydrogen-bond acceptors (Lipinski definition) is 3. The molecule has 0 bridgehead atoms. The predicted molar refractivity (Wildman–Crippen MR) is 71.7 cm³/mol. The number of hydrogen-bond donors (Lipinski definition) is 2. The summed E-state index contributed by atoms with van der Waals surface area (Å²) in [4.78, 5) is 23.2. The SMILES string of the molecule is CC(CCC(=O)O)NC(=O)CCCc1cccs1. The molecule has 1 aromatic heterocycles. The topological polar surface area (TPSA) is 66.4 Å². The van der Waals surface area contributed by atoms with Gasteiger partial charge in [0.15, 0.2) is 0 Å². The minimum absolute atomic E-state index is 0.00412. The second-order valence-corrected chi connectivity index (χ2v) is 5.37. The molecule has 1 amide bonds. The molecule has 0 aliphatic heterocycles. The highest BCUT2D eigenvalue weighted by molar-refractivity contribution is 7.09. The van der Waals surface area contributed by atoms with Gasteiger partial charge in [-0.1, -0.05) is 6.07 Å². The van der Waals surface area contributed by atoms with E-state index in [1.165, 1.54) is 4.88 Å². The normalized spacial score (nSPS) is 12.1. The number of carboxylic acids is 1. The van der Waals surface area contributed by atoms with Crippen LogP contribution in [0.2, 0.25) is 0 Å². The molecule has 0 fully saturated rings. The zero-order valence-corrected chi connectivity index (χ0v) is 11.3. The zero-order valence-electron chi connectivity index (χ0n) is 10.5. The minimum atomic E-state index is -0.825. The van der Waals surface area contributed by atoms with Gasteiger partial charge >= 0.3 is 5.97 Å². The number of carboxylic acid groups (broad SMARTS) is 1. The first-order valence-corrected chi connectivity index (χ1v) is 6.99. The summed E-state index contributed by atoms with van der Waals surface area (Å²) in [5.74, 6) is -0.821. The fraction of sp³-hybridized carbons (Fsp3) is 0.538. The van der Waals surface area contributed by atoms with Crippen molar-refractivity contribution in [3.8, 4) is 0 Å². The molecule has 2 N–H and O–H groups in total. The number of nitrogens with one attached hydrogen (secondary N) is 1. The monoisotopic (exact) mass is 269 g/mol. The van der Waals surface area contributed by atoms with E-state index in [0.717, 1.165) is 12.8 Å².